The van der Waals surface area contributed by atoms with E-state index in [-0.39, 0.29) is 5.91 Å². The third-order valence-corrected chi connectivity index (χ3v) is 5.41. The van der Waals surface area contributed by atoms with Crippen LogP contribution in [-0.4, -0.2) is 20.3 Å². The van der Waals surface area contributed by atoms with E-state index in [4.69, 9.17) is 9.72 Å². The Bertz CT molecular complexity index is 1330. The van der Waals surface area contributed by atoms with Crippen LogP contribution in [0, 0.1) is 0 Å². The Morgan fingerprint density at radius 2 is 1.90 bits per heavy atom. The molecule has 152 valence electrons. The number of fused-ring (bicyclic) bond motifs is 1. The number of carbonyl (C=O) groups excluding carboxylic acids is 1. The average Bonchev–Trinajstić information content (AvgIpc) is 3.47. The first-order chi connectivity index (χ1) is 15.3. The molecular weight excluding hydrogens is 408 g/mol. The van der Waals surface area contributed by atoms with Crippen LogP contribution in [0.3, 0.4) is 0 Å². The van der Waals surface area contributed by atoms with E-state index in [0.717, 1.165) is 22.6 Å². The maximum Gasteiger partial charge on any atom is 0.256 e. The summed E-state index contributed by atoms with van der Waals surface area (Å²) in [6.45, 7) is 0.361. The van der Waals surface area contributed by atoms with E-state index in [0.29, 0.717) is 23.7 Å². The van der Waals surface area contributed by atoms with Crippen LogP contribution in [0.5, 0.6) is 5.75 Å². The highest BCUT2D eigenvalue weighted by Gasteiger charge is 2.17. The molecule has 1 amide bonds. The van der Waals surface area contributed by atoms with Gasteiger partial charge in [0, 0.05) is 22.7 Å². The molecule has 31 heavy (non-hydrogen) atoms. The molecule has 0 saturated heterocycles. The van der Waals surface area contributed by atoms with Crippen LogP contribution >= 0.6 is 11.3 Å². The van der Waals surface area contributed by atoms with Crippen molar-refractivity contribution in [1.29, 1.82) is 0 Å². The molecule has 0 aliphatic heterocycles. The largest absolute Gasteiger partial charge is 0.487 e. The summed E-state index contributed by atoms with van der Waals surface area (Å²) in [7, 11) is 0. The second-order valence-corrected chi connectivity index (χ2v) is 7.57. The zero-order valence-corrected chi connectivity index (χ0v) is 17.3. The van der Waals surface area contributed by atoms with Gasteiger partial charge in [-0.3, -0.25) is 9.20 Å². The molecule has 0 spiro atoms. The summed E-state index contributed by atoms with van der Waals surface area (Å²) in [6.07, 6.45) is 1.89. The molecular formula is C24H18N4O2S. The van der Waals surface area contributed by atoms with Gasteiger partial charge in [0.15, 0.2) is 0 Å². The molecule has 0 aliphatic carbocycles. The van der Waals surface area contributed by atoms with Crippen molar-refractivity contribution < 1.29 is 9.53 Å². The zero-order chi connectivity index (χ0) is 21.0. The highest BCUT2D eigenvalue weighted by Crippen LogP contribution is 2.29. The predicted molar refractivity (Wildman–Crippen MR) is 121 cm³/mol. The average molecular weight is 427 g/mol. The van der Waals surface area contributed by atoms with Crippen LogP contribution in [0.2, 0.25) is 0 Å². The number of hydrogen-bond acceptors (Lipinski definition) is 5. The van der Waals surface area contributed by atoms with Crippen molar-refractivity contribution in [2.24, 2.45) is 0 Å². The minimum Gasteiger partial charge on any atom is -0.487 e. The summed E-state index contributed by atoms with van der Waals surface area (Å²) in [5.74, 6) is 1.00. The molecule has 0 unspecified atom stereocenters. The molecule has 0 aliphatic rings. The Morgan fingerprint density at radius 3 is 2.74 bits per heavy atom. The summed E-state index contributed by atoms with van der Waals surface area (Å²) >= 11 is 1.52. The maximum atomic E-state index is 13.1. The number of anilines is 1. The Balaban J connectivity index is 1.43. The fourth-order valence-corrected chi connectivity index (χ4v) is 3.83. The molecule has 3 aromatic heterocycles. The van der Waals surface area contributed by atoms with Crippen molar-refractivity contribution >= 4 is 28.7 Å². The lowest BCUT2D eigenvalue weighted by Gasteiger charge is -2.10. The predicted octanol–water partition coefficient (Wildman–Crippen LogP) is 5.29. The molecule has 5 aromatic rings. The highest BCUT2D eigenvalue weighted by atomic mass is 32.1. The summed E-state index contributed by atoms with van der Waals surface area (Å²) in [5.41, 5.74) is 5.54. The summed E-state index contributed by atoms with van der Waals surface area (Å²) in [5, 5.41) is 4.98. The lowest BCUT2D eigenvalue weighted by Crippen LogP contribution is -2.14. The molecule has 0 radical (unpaired) electrons. The van der Waals surface area contributed by atoms with E-state index in [1.54, 1.807) is 23.7 Å². The number of aromatic nitrogens is 3. The van der Waals surface area contributed by atoms with Gasteiger partial charge in [-0.05, 0) is 30.3 Å². The first-order valence-corrected chi connectivity index (χ1v) is 10.7. The van der Waals surface area contributed by atoms with Crippen molar-refractivity contribution in [2.75, 3.05) is 5.32 Å². The molecule has 0 saturated carbocycles. The van der Waals surface area contributed by atoms with E-state index >= 15 is 0 Å². The highest BCUT2D eigenvalue weighted by molar-refractivity contribution is 7.07. The number of benzene rings is 2. The molecule has 0 fully saturated rings. The minimum atomic E-state index is -0.234. The van der Waals surface area contributed by atoms with E-state index in [9.17, 15) is 4.79 Å². The third kappa shape index (κ3) is 4.04. The first kappa shape index (κ1) is 19.0. The van der Waals surface area contributed by atoms with Crippen LogP contribution in [0.25, 0.3) is 16.9 Å². The van der Waals surface area contributed by atoms with Crippen molar-refractivity contribution in [3.8, 4) is 17.0 Å². The molecule has 0 atom stereocenters. The zero-order valence-electron chi connectivity index (χ0n) is 16.4. The van der Waals surface area contributed by atoms with Crippen LogP contribution in [0.4, 0.5) is 5.82 Å². The Hall–Kier alpha value is -3.97. The fraction of sp³-hybridized carbons (Fsp3) is 0.0417. The van der Waals surface area contributed by atoms with Gasteiger partial charge in [0.2, 0.25) is 0 Å². The molecule has 1 N–H and O–H groups in total. The second-order valence-electron chi connectivity index (χ2n) is 6.85. The molecule has 2 aromatic carbocycles. The van der Waals surface area contributed by atoms with Crippen LogP contribution in [-0.2, 0) is 6.61 Å². The van der Waals surface area contributed by atoms with Crippen LogP contribution < -0.4 is 10.1 Å². The van der Waals surface area contributed by atoms with E-state index in [1.165, 1.54) is 11.3 Å². The number of pyridine rings is 1. The molecule has 3 heterocycles. The van der Waals surface area contributed by atoms with Crippen molar-refractivity contribution in [1.82, 2.24) is 14.4 Å². The smallest absolute Gasteiger partial charge is 0.256 e. The molecule has 6 nitrogen and oxygen atoms in total. The number of nitrogens with one attached hydrogen (secondary N) is 1. The first-order valence-electron chi connectivity index (χ1n) is 9.72. The number of hydrogen-bond donors (Lipinski definition) is 1. The minimum absolute atomic E-state index is 0.234. The van der Waals surface area contributed by atoms with E-state index in [1.807, 2.05) is 70.6 Å². The van der Waals surface area contributed by atoms with Gasteiger partial charge in [-0.25, -0.2) is 9.97 Å². The second kappa shape index (κ2) is 8.41. The van der Waals surface area contributed by atoms with E-state index < -0.39 is 0 Å². The molecule has 5 rings (SSSR count). The lowest BCUT2D eigenvalue weighted by atomic mass is 10.1. The number of amides is 1. The SMILES string of the molecule is O=C(Nc1c(-c2ccccc2)nc2ccccn12)c1cccc(OCc2cscn2)c1. The quantitative estimate of drug-likeness (QED) is 0.401. The normalized spacial score (nSPS) is 10.8. The van der Waals surface area contributed by atoms with Gasteiger partial charge in [0.1, 0.15) is 29.5 Å². The summed E-state index contributed by atoms with van der Waals surface area (Å²) in [6, 6.07) is 22.7. The number of imidazole rings is 1. The van der Waals surface area contributed by atoms with Crippen molar-refractivity contribution in [3.63, 3.8) is 0 Å². The van der Waals surface area contributed by atoms with Crippen molar-refractivity contribution in [2.45, 2.75) is 6.61 Å². The Morgan fingerprint density at radius 1 is 1.03 bits per heavy atom. The number of thiazole rings is 1. The summed E-state index contributed by atoms with van der Waals surface area (Å²) < 4.78 is 7.66. The topological polar surface area (TPSA) is 68.5 Å². The van der Waals surface area contributed by atoms with Gasteiger partial charge in [0.05, 0.1) is 11.2 Å². The third-order valence-electron chi connectivity index (χ3n) is 4.78. The summed E-state index contributed by atoms with van der Waals surface area (Å²) in [4.78, 5) is 22.0. The van der Waals surface area contributed by atoms with Gasteiger partial charge in [0.25, 0.3) is 5.91 Å². The molecule has 7 heteroatoms. The number of nitrogens with zero attached hydrogens (tertiary/aromatic N) is 3. The van der Waals surface area contributed by atoms with Crippen LogP contribution in [0.1, 0.15) is 16.1 Å². The number of carbonyl (C=O) groups is 1. The monoisotopic (exact) mass is 426 g/mol. The number of rotatable bonds is 6. The van der Waals surface area contributed by atoms with Gasteiger partial charge in [-0.2, -0.15) is 0 Å². The van der Waals surface area contributed by atoms with Gasteiger partial charge in [-0.15, -0.1) is 11.3 Å². The number of ether oxygens (including phenoxy) is 1. The fourth-order valence-electron chi connectivity index (χ4n) is 3.29. The lowest BCUT2D eigenvalue weighted by molar-refractivity contribution is 0.102. The van der Waals surface area contributed by atoms with Gasteiger partial charge in [-0.1, -0.05) is 42.5 Å². The Labute approximate surface area is 182 Å². The molecule has 0 bridgehead atoms. The Kier molecular flexibility index (Phi) is 5.16. The van der Waals surface area contributed by atoms with Gasteiger partial charge >= 0.3 is 0 Å². The maximum absolute atomic E-state index is 13.1. The van der Waals surface area contributed by atoms with Crippen molar-refractivity contribution in [3.05, 3.63) is 101 Å². The standard InChI is InChI=1S/C24H18N4O2S/c29-24(18-9-6-10-20(13-18)30-14-19-15-31-16-25-19)27-23-22(17-7-2-1-3-8-17)26-21-11-4-5-12-28(21)23/h1-13,15-16H,14H2,(H,27,29). The van der Waals surface area contributed by atoms with E-state index in [2.05, 4.69) is 10.3 Å². The van der Waals surface area contributed by atoms with Gasteiger partial charge < -0.3 is 10.1 Å². The van der Waals surface area contributed by atoms with Crippen LogP contribution in [0.15, 0.2) is 89.9 Å².